The largest absolute Gasteiger partial charge is 0.358 e. The number of benzene rings is 2. The molecule has 0 bridgehead atoms. The van der Waals surface area contributed by atoms with E-state index in [2.05, 4.69) is 23.1 Å². The third-order valence-corrected chi connectivity index (χ3v) is 5.44. The lowest BCUT2D eigenvalue weighted by molar-refractivity contribution is -0.914. The highest BCUT2D eigenvalue weighted by Gasteiger charge is 2.22. The van der Waals surface area contributed by atoms with E-state index in [1.54, 1.807) is 17.4 Å². The fraction of sp³-hybridized carbons (Fsp3) is 0.278. The molecule has 23 heavy (non-hydrogen) atoms. The van der Waals surface area contributed by atoms with E-state index in [4.69, 9.17) is 4.98 Å². The number of aromatic nitrogens is 1. The fourth-order valence-corrected chi connectivity index (χ4v) is 4.20. The fourth-order valence-electron chi connectivity index (χ4n) is 3.16. The molecular weight excluding hydrogens is 309 g/mol. The zero-order valence-electron chi connectivity index (χ0n) is 12.8. The summed E-state index contributed by atoms with van der Waals surface area (Å²) in [5.74, 6) is -0.123. The Kier molecular flexibility index (Phi) is 3.97. The van der Waals surface area contributed by atoms with E-state index in [1.807, 2.05) is 18.2 Å². The number of halogens is 1. The van der Waals surface area contributed by atoms with Crippen molar-refractivity contribution in [2.45, 2.75) is 6.54 Å². The van der Waals surface area contributed by atoms with Gasteiger partial charge in [0.05, 0.1) is 42.1 Å². The minimum Gasteiger partial charge on any atom is -0.358 e. The van der Waals surface area contributed by atoms with Crippen molar-refractivity contribution in [1.29, 1.82) is 0 Å². The number of anilines is 1. The number of rotatable bonds is 3. The van der Waals surface area contributed by atoms with Gasteiger partial charge in [-0.05, 0) is 24.3 Å². The number of piperazine rings is 1. The third-order valence-electron chi connectivity index (χ3n) is 4.40. The Morgan fingerprint density at radius 2 is 1.78 bits per heavy atom. The summed E-state index contributed by atoms with van der Waals surface area (Å²) in [6.07, 6.45) is 0. The number of hydrogen-bond donors (Lipinski definition) is 1. The van der Waals surface area contributed by atoms with Gasteiger partial charge in [0, 0.05) is 0 Å². The second-order valence-corrected chi connectivity index (χ2v) is 7.06. The first-order valence-electron chi connectivity index (χ1n) is 7.97. The van der Waals surface area contributed by atoms with Crippen molar-refractivity contribution in [3.05, 3.63) is 59.4 Å². The highest BCUT2D eigenvalue weighted by atomic mass is 32.1. The van der Waals surface area contributed by atoms with Crippen molar-refractivity contribution in [1.82, 2.24) is 4.98 Å². The molecule has 1 aromatic heterocycles. The lowest BCUT2D eigenvalue weighted by Gasteiger charge is -2.33. The molecule has 0 unspecified atom stereocenters. The second-order valence-electron chi connectivity index (χ2n) is 5.94. The van der Waals surface area contributed by atoms with E-state index in [9.17, 15) is 4.39 Å². The van der Waals surface area contributed by atoms with Gasteiger partial charge in [-0.25, -0.2) is 9.37 Å². The number of hydrogen-bond acceptors (Lipinski definition) is 3. The molecule has 118 valence electrons. The maximum Gasteiger partial charge on any atom is 0.148 e. The van der Waals surface area contributed by atoms with Crippen LogP contribution in [0.25, 0.3) is 10.2 Å². The van der Waals surface area contributed by atoms with Crippen molar-refractivity contribution in [2.75, 3.05) is 31.1 Å². The average Bonchev–Trinajstić information content (AvgIpc) is 2.98. The third kappa shape index (κ3) is 3.07. The molecule has 3 nitrogen and oxygen atoms in total. The van der Waals surface area contributed by atoms with E-state index in [0.29, 0.717) is 0 Å². The van der Waals surface area contributed by atoms with Crippen LogP contribution in [0.4, 0.5) is 10.1 Å². The molecule has 0 radical (unpaired) electrons. The molecule has 0 amide bonds. The molecule has 0 aliphatic carbocycles. The van der Waals surface area contributed by atoms with Crippen LogP contribution >= 0.6 is 11.3 Å². The minimum absolute atomic E-state index is 0.123. The number of thiazole rings is 1. The van der Waals surface area contributed by atoms with Crippen LogP contribution < -0.4 is 9.80 Å². The molecule has 1 aliphatic heterocycles. The van der Waals surface area contributed by atoms with E-state index in [0.717, 1.165) is 43.9 Å². The highest BCUT2D eigenvalue weighted by Crippen LogP contribution is 2.21. The van der Waals surface area contributed by atoms with E-state index in [-0.39, 0.29) is 5.82 Å². The molecule has 0 spiro atoms. The van der Waals surface area contributed by atoms with Crippen LogP contribution in [0.2, 0.25) is 0 Å². The Morgan fingerprint density at radius 1 is 1.04 bits per heavy atom. The van der Waals surface area contributed by atoms with Gasteiger partial charge in [-0.1, -0.05) is 24.3 Å². The van der Waals surface area contributed by atoms with E-state index in [1.165, 1.54) is 20.7 Å². The first-order chi connectivity index (χ1) is 11.3. The standard InChI is InChI=1S/C18H18FN3S/c19-14-5-1-3-7-16(14)22-11-9-21(10-12-22)13-18-20-15-6-2-4-8-17(15)23-18/h1-8H,9-13H2/p+1. The lowest BCUT2D eigenvalue weighted by Crippen LogP contribution is -3.13. The predicted octanol–water partition coefficient (Wildman–Crippen LogP) is 2.34. The van der Waals surface area contributed by atoms with Crippen LogP contribution in [-0.2, 0) is 6.54 Å². The number of fused-ring (bicyclic) bond motifs is 1. The molecule has 2 aromatic carbocycles. The zero-order valence-corrected chi connectivity index (χ0v) is 13.7. The molecule has 2 heterocycles. The molecule has 1 aliphatic rings. The first kappa shape index (κ1) is 14.6. The summed E-state index contributed by atoms with van der Waals surface area (Å²) in [5.41, 5.74) is 1.82. The van der Waals surface area contributed by atoms with Gasteiger partial charge in [-0.3, -0.25) is 0 Å². The van der Waals surface area contributed by atoms with Crippen LogP contribution in [-0.4, -0.2) is 31.2 Å². The molecule has 5 heteroatoms. The average molecular weight is 328 g/mol. The SMILES string of the molecule is Fc1ccccc1N1CC[NH+](Cc2nc3ccccc3s2)CC1. The summed E-state index contributed by atoms with van der Waals surface area (Å²) in [6.45, 7) is 4.78. The van der Waals surface area contributed by atoms with Gasteiger partial charge < -0.3 is 9.80 Å². The quantitative estimate of drug-likeness (QED) is 0.796. The van der Waals surface area contributed by atoms with Gasteiger partial charge in [0.1, 0.15) is 17.4 Å². The summed E-state index contributed by atoms with van der Waals surface area (Å²) in [5, 5.41) is 1.19. The van der Waals surface area contributed by atoms with Gasteiger partial charge in [-0.2, -0.15) is 0 Å². The Morgan fingerprint density at radius 3 is 2.57 bits per heavy atom. The first-order valence-corrected chi connectivity index (χ1v) is 8.79. The van der Waals surface area contributed by atoms with Gasteiger partial charge in [-0.15, -0.1) is 11.3 Å². The Hall–Kier alpha value is -1.98. The van der Waals surface area contributed by atoms with Gasteiger partial charge in [0.15, 0.2) is 0 Å². The number of nitrogens with zero attached hydrogens (tertiary/aromatic N) is 2. The Bertz CT molecular complexity index is 776. The van der Waals surface area contributed by atoms with Gasteiger partial charge >= 0.3 is 0 Å². The molecule has 3 aromatic rings. The topological polar surface area (TPSA) is 20.6 Å². The monoisotopic (exact) mass is 328 g/mol. The number of para-hydroxylation sites is 2. The Labute approximate surface area is 139 Å². The molecule has 4 rings (SSSR count). The highest BCUT2D eigenvalue weighted by molar-refractivity contribution is 7.18. The van der Waals surface area contributed by atoms with Gasteiger partial charge in [0.25, 0.3) is 0 Å². The number of nitrogens with one attached hydrogen (secondary N) is 1. The number of quaternary nitrogens is 1. The maximum absolute atomic E-state index is 13.9. The summed E-state index contributed by atoms with van der Waals surface area (Å²) in [6, 6.07) is 15.3. The van der Waals surface area contributed by atoms with Crippen molar-refractivity contribution in [3.63, 3.8) is 0 Å². The zero-order chi connectivity index (χ0) is 15.6. The van der Waals surface area contributed by atoms with Crippen molar-refractivity contribution in [2.24, 2.45) is 0 Å². The molecule has 1 N–H and O–H groups in total. The summed E-state index contributed by atoms with van der Waals surface area (Å²) < 4.78 is 15.1. The van der Waals surface area contributed by atoms with Gasteiger partial charge in [0.2, 0.25) is 0 Å². The summed E-state index contributed by atoms with van der Waals surface area (Å²) in [7, 11) is 0. The lowest BCUT2D eigenvalue weighted by atomic mass is 10.2. The van der Waals surface area contributed by atoms with Crippen molar-refractivity contribution >= 4 is 27.2 Å². The van der Waals surface area contributed by atoms with Crippen LogP contribution in [0.5, 0.6) is 0 Å². The molecule has 1 saturated heterocycles. The Balaban J connectivity index is 1.41. The van der Waals surface area contributed by atoms with Crippen LogP contribution in [0.15, 0.2) is 48.5 Å². The van der Waals surface area contributed by atoms with Crippen molar-refractivity contribution < 1.29 is 9.29 Å². The molecule has 0 saturated carbocycles. The van der Waals surface area contributed by atoms with E-state index < -0.39 is 0 Å². The molecular formula is C18H19FN3S+. The normalized spacial score (nSPS) is 16.1. The summed E-state index contributed by atoms with van der Waals surface area (Å²) in [4.78, 5) is 8.40. The minimum atomic E-state index is -0.123. The van der Waals surface area contributed by atoms with Crippen LogP contribution in [0, 0.1) is 5.82 Å². The molecule has 0 atom stereocenters. The summed E-state index contributed by atoms with van der Waals surface area (Å²) >= 11 is 1.79. The smallest absolute Gasteiger partial charge is 0.148 e. The molecule has 1 fully saturated rings. The van der Waals surface area contributed by atoms with Crippen molar-refractivity contribution in [3.8, 4) is 0 Å². The maximum atomic E-state index is 13.9. The predicted molar refractivity (Wildman–Crippen MR) is 92.6 cm³/mol. The van der Waals surface area contributed by atoms with Crippen LogP contribution in [0.1, 0.15) is 5.01 Å². The second kappa shape index (κ2) is 6.26. The van der Waals surface area contributed by atoms with E-state index >= 15 is 0 Å². The van der Waals surface area contributed by atoms with Crippen LogP contribution in [0.3, 0.4) is 0 Å².